The molecule has 3 nitrogen and oxygen atoms in total. The van der Waals surface area contributed by atoms with Crippen molar-refractivity contribution in [1.82, 2.24) is 15.1 Å². The van der Waals surface area contributed by atoms with Crippen molar-refractivity contribution in [2.24, 2.45) is 7.05 Å². The summed E-state index contributed by atoms with van der Waals surface area (Å²) in [7, 11) is 2.01. The van der Waals surface area contributed by atoms with Crippen LogP contribution >= 0.6 is 11.8 Å². The minimum absolute atomic E-state index is 0.111. The summed E-state index contributed by atoms with van der Waals surface area (Å²) in [5.74, 6) is 1.23. The van der Waals surface area contributed by atoms with Crippen molar-refractivity contribution in [2.75, 3.05) is 5.75 Å². The lowest BCUT2D eigenvalue weighted by molar-refractivity contribution is 0.497. The Morgan fingerprint density at radius 2 is 2.18 bits per heavy atom. The van der Waals surface area contributed by atoms with E-state index in [2.05, 4.69) is 44.3 Å². The molecule has 1 N–H and O–H groups in total. The van der Waals surface area contributed by atoms with E-state index in [1.54, 1.807) is 0 Å². The first kappa shape index (κ1) is 13.0. The number of aromatic nitrogens is 2. The molecular formula is C13H23N3S. The van der Waals surface area contributed by atoms with Gasteiger partial charge in [-0.2, -0.15) is 5.10 Å². The predicted octanol–water partition coefficient (Wildman–Crippen LogP) is 2.83. The molecule has 1 aliphatic rings. The summed E-state index contributed by atoms with van der Waals surface area (Å²) in [4.78, 5) is 0. The molecule has 0 saturated carbocycles. The zero-order valence-electron chi connectivity index (χ0n) is 11.4. The van der Waals surface area contributed by atoms with E-state index < -0.39 is 0 Å². The van der Waals surface area contributed by atoms with Crippen LogP contribution in [0.2, 0.25) is 0 Å². The van der Waals surface area contributed by atoms with Gasteiger partial charge in [0.2, 0.25) is 0 Å². The molecule has 2 unspecified atom stereocenters. The van der Waals surface area contributed by atoms with Crippen molar-refractivity contribution in [3.8, 4) is 0 Å². The third-order valence-corrected chi connectivity index (χ3v) is 4.32. The molecule has 0 aliphatic carbocycles. The number of hydrogen-bond acceptors (Lipinski definition) is 3. The highest BCUT2D eigenvalue weighted by atomic mass is 32.2. The van der Waals surface area contributed by atoms with Crippen LogP contribution in [0.1, 0.15) is 50.7 Å². The maximum atomic E-state index is 4.65. The fourth-order valence-corrected chi connectivity index (χ4v) is 3.62. The number of nitrogens with one attached hydrogen (secondary N) is 1. The van der Waals surface area contributed by atoms with Gasteiger partial charge in [0.15, 0.2) is 0 Å². The number of hydrogen-bond donors (Lipinski definition) is 1. The lowest BCUT2D eigenvalue weighted by Crippen LogP contribution is -2.34. The Kier molecular flexibility index (Phi) is 3.55. The van der Waals surface area contributed by atoms with Gasteiger partial charge in [-0.3, -0.25) is 10.00 Å². The van der Waals surface area contributed by atoms with Gasteiger partial charge in [-0.05, 0) is 19.1 Å². The lowest BCUT2D eigenvalue weighted by Gasteiger charge is -2.30. The topological polar surface area (TPSA) is 29.9 Å². The van der Waals surface area contributed by atoms with Gasteiger partial charge < -0.3 is 0 Å². The van der Waals surface area contributed by atoms with Gasteiger partial charge in [-0.15, -0.1) is 11.8 Å². The average molecular weight is 253 g/mol. The summed E-state index contributed by atoms with van der Waals surface area (Å²) >= 11 is 2.00. The number of thioether (sulfide) groups is 1. The standard InChI is InChI=1S/C13H23N3S/c1-9-6-7-17-12(14-9)10-8-16(5)15-11(10)13(2,3)4/h8-9,12,14H,6-7H2,1-5H3. The first-order valence-corrected chi connectivity index (χ1v) is 7.34. The summed E-state index contributed by atoms with van der Waals surface area (Å²) in [5.41, 5.74) is 2.69. The SMILES string of the molecule is CC1CCSC(c2cn(C)nc2C(C)(C)C)N1. The Hall–Kier alpha value is -0.480. The van der Waals surface area contributed by atoms with Crippen LogP contribution in [-0.2, 0) is 12.5 Å². The van der Waals surface area contributed by atoms with Crippen molar-refractivity contribution in [3.05, 3.63) is 17.5 Å². The van der Waals surface area contributed by atoms with Gasteiger partial charge in [-0.1, -0.05) is 20.8 Å². The average Bonchev–Trinajstić information content (AvgIpc) is 2.60. The molecule has 96 valence electrons. The summed E-state index contributed by atoms with van der Waals surface area (Å²) < 4.78 is 1.94. The molecule has 1 aromatic heterocycles. The van der Waals surface area contributed by atoms with Crippen LogP contribution < -0.4 is 5.32 Å². The van der Waals surface area contributed by atoms with E-state index in [0.29, 0.717) is 11.4 Å². The van der Waals surface area contributed by atoms with Crippen molar-refractivity contribution >= 4 is 11.8 Å². The van der Waals surface area contributed by atoms with E-state index in [0.717, 1.165) is 0 Å². The zero-order valence-corrected chi connectivity index (χ0v) is 12.3. The molecule has 2 atom stereocenters. The van der Waals surface area contributed by atoms with Crippen LogP contribution in [0.4, 0.5) is 0 Å². The van der Waals surface area contributed by atoms with E-state index in [-0.39, 0.29) is 5.41 Å². The largest absolute Gasteiger partial charge is 0.299 e. The monoisotopic (exact) mass is 253 g/mol. The zero-order chi connectivity index (χ0) is 12.6. The van der Waals surface area contributed by atoms with E-state index in [9.17, 15) is 0 Å². The van der Waals surface area contributed by atoms with Crippen molar-refractivity contribution in [3.63, 3.8) is 0 Å². The Morgan fingerprint density at radius 1 is 1.47 bits per heavy atom. The molecule has 2 heterocycles. The number of nitrogens with zero attached hydrogens (tertiary/aromatic N) is 2. The van der Waals surface area contributed by atoms with Crippen LogP contribution in [0.5, 0.6) is 0 Å². The number of aryl methyl sites for hydroxylation is 1. The molecule has 0 bridgehead atoms. The van der Waals surface area contributed by atoms with Crippen LogP contribution in [-0.4, -0.2) is 21.6 Å². The highest BCUT2D eigenvalue weighted by molar-refractivity contribution is 7.99. The van der Waals surface area contributed by atoms with Gasteiger partial charge in [-0.25, -0.2) is 0 Å². The van der Waals surface area contributed by atoms with E-state index in [1.165, 1.54) is 23.4 Å². The van der Waals surface area contributed by atoms with Gasteiger partial charge in [0.25, 0.3) is 0 Å². The Balaban J connectivity index is 2.31. The second-order valence-corrected chi connectivity index (χ2v) is 7.18. The van der Waals surface area contributed by atoms with Crippen molar-refractivity contribution in [1.29, 1.82) is 0 Å². The molecule has 1 fully saturated rings. The normalized spacial score (nSPS) is 26.2. The maximum absolute atomic E-state index is 4.65. The summed E-state index contributed by atoms with van der Waals surface area (Å²) in [6, 6.07) is 0.606. The number of rotatable bonds is 1. The quantitative estimate of drug-likeness (QED) is 0.834. The molecule has 2 rings (SSSR count). The predicted molar refractivity (Wildman–Crippen MR) is 74.3 cm³/mol. The highest BCUT2D eigenvalue weighted by Crippen LogP contribution is 2.36. The Labute approximate surface area is 108 Å². The van der Waals surface area contributed by atoms with E-state index >= 15 is 0 Å². The fraction of sp³-hybridized carbons (Fsp3) is 0.769. The van der Waals surface area contributed by atoms with Gasteiger partial charge in [0.05, 0.1) is 11.1 Å². The summed E-state index contributed by atoms with van der Waals surface area (Å²) in [5, 5.41) is 8.72. The molecule has 0 amide bonds. The van der Waals surface area contributed by atoms with E-state index in [1.807, 2.05) is 23.5 Å². The molecule has 0 radical (unpaired) electrons. The molecule has 0 spiro atoms. The minimum atomic E-state index is 0.111. The highest BCUT2D eigenvalue weighted by Gasteiger charge is 2.29. The molecule has 1 aromatic rings. The lowest BCUT2D eigenvalue weighted by atomic mass is 9.89. The molecule has 1 aliphatic heterocycles. The second kappa shape index (κ2) is 4.65. The van der Waals surface area contributed by atoms with Gasteiger partial charge >= 0.3 is 0 Å². The first-order chi connectivity index (χ1) is 7.88. The molecular weight excluding hydrogens is 230 g/mol. The first-order valence-electron chi connectivity index (χ1n) is 6.29. The Bertz CT molecular complexity index is 392. The maximum Gasteiger partial charge on any atom is 0.0825 e. The third kappa shape index (κ3) is 2.86. The van der Waals surface area contributed by atoms with Crippen LogP contribution in [0.3, 0.4) is 0 Å². The van der Waals surface area contributed by atoms with Crippen molar-refractivity contribution < 1.29 is 0 Å². The van der Waals surface area contributed by atoms with Crippen LogP contribution in [0.25, 0.3) is 0 Å². The minimum Gasteiger partial charge on any atom is -0.299 e. The third-order valence-electron chi connectivity index (χ3n) is 3.12. The Morgan fingerprint density at radius 3 is 2.76 bits per heavy atom. The molecule has 1 saturated heterocycles. The molecule has 0 aromatic carbocycles. The summed E-state index contributed by atoms with van der Waals surface area (Å²) in [6.45, 7) is 8.96. The van der Waals surface area contributed by atoms with Gasteiger partial charge in [0, 0.05) is 30.3 Å². The van der Waals surface area contributed by atoms with Gasteiger partial charge in [0.1, 0.15) is 0 Å². The van der Waals surface area contributed by atoms with Crippen LogP contribution in [0, 0.1) is 0 Å². The smallest absolute Gasteiger partial charge is 0.0825 e. The van der Waals surface area contributed by atoms with Crippen molar-refractivity contribution in [2.45, 2.75) is 50.9 Å². The fourth-order valence-electron chi connectivity index (χ4n) is 2.21. The summed E-state index contributed by atoms with van der Waals surface area (Å²) in [6.07, 6.45) is 3.43. The molecule has 17 heavy (non-hydrogen) atoms. The van der Waals surface area contributed by atoms with E-state index in [4.69, 9.17) is 0 Å². The molecule has 4 heteroatoms. The second-order valence-electron chi connectivity index (χ2n) is 5.96. The van der Waals surface area contributed by atoms with Crippen LogP contribution in [0.15, 0.2) is 6.20 Å².